The second kappa shape index (κ2) is 12.1. The summed E-state index contributed by atoms with van der Waals surface area (Å²) >= 11 is 6.35. The lowest BCUT2D eigenvalue weighted by Crippen LogP contribution is -2.53. The molecule has 2 N–H and O–H groups in total. The number of carbonyl (C=O) groups is 4. The summed E-state index contributed by atoms with van der Waals surface area (Å²) in [6.45, 7) is 5.54. The molecule has 51 heavy (non-hydrogen) atoms. The van der Waals surface area contributed by atoms with Crippen LogP contribution in [-0.4, -0.2) is 33.7 Å². The minimum atomic E-state index is -1.58. The van der Waals surface area contributed by atoms with E-state index in [1.165, 1.54) is 29.2 Å². The summed E-state index contributed by atoms with van der Waals surface area (Å²) in [4.78, 5) is 59.7. The van der Waals surface area contributed by atoms with Crippen molar-refractivity contribution in [3.8, 4) is 5.75 Å². The van der Waals surface area contributed by atoms with Crippen molar-refractivity contribution in [1.29, 1.82) is 0 Å². The lowest BCUT2D eigenvalue weighted by atomic mass is 9.49. The number of imide groups is 2. The van der Waals surface area contributed by atoms with Gasteiger partial charge in [0.15, 0.2) is 0 Å². The number of nitrogens with zero attached hydrogens (tertiary/aromatic N) is 2. The van der Waals surface area contributed by atoms with Crippen molar-refractivity contribution in [3.63, 3.8) is 0 Å². The maximum absolute atomic E-state index is 15.2. The minimum absolute atomic E-state index is 0.0267. The van der Waals surface area contributed by atoms with Crippen LogP contribution < -0.4 is 10.3 Å². The maximum Gasteiger partial charge on any atom is 0.260 e. The Morgan fingerprint density at radius 1 is 0.902 bits per heavy atom. The van der Waals surface area contributed by atoms with E-state index >= 15 is 4.79 Å². The molecule has 0 unspecified atom stereocenters. The molecule has 2 aliphatic carbocycles. The Bertz CT molecular complexity index is 2170. The van der Waals surface area contributed by atoms with Crippen LogP contribution in [0, 0.1) is 36.4 Å². The fourth-order valence-corrected chi connectivity index (χ4v) is 9.05. The zero-order valence-corrected chi connectivity index (χ0v) is 28.3. The van der Waals surface area contributed by atoms with Crippen LogP contribution in [0.2, 0.25) is 5.02 Å². The summed E-state index contributed by atoms with van der Waals surface area (Å²) in [5.74, 6) is -6.26. The van der Waals surface area contributed by atoms with E-state index in [0.29, 0.717) is 33.1 Å². The number of allylic oxidation sites excluding steroid dienone is 2. The Morgan fingerprint density at radius 2 is 1.61 bits per heavy atom. The molecule has 4 aliphatic rings. The van der Waals surface area contributed by atoms with Gasteiger partial charge in [0.1, 0.15) is 11.6 Å². The Hall–Kier alpha value is -5.54. The molecule has 10 heteroatoms. The number of halogens is 2. The van der Waals surface area contributed by atoms with Crippen LogP contribution in [0.4, 0.5) is 15.8 Å². The third-order valence-corrected chi connectivity index (χ3v) is 11.5. The van der Waals surface area contributed by atoms with Gasteiger partial charge in [-0.25, -0.2) is 4.39 Å². The van der Waals surface area contributed by atoms with Gasteiger partial charge in [-0.3, -0.25) is 29.5 Å². The second-order valence-corrected chi connectivity index (χ2v) is 14.1. The Morgan fingerprint density at radius 3 is 2.29 bits per heavy atom. The molecule has 2 heterocycles. The monoisotopic (exact) mass is 701 g/mol. The van der Waals surface area contributed by atoms with E-state index < -0.39 is 52.6 Å². The molecule has 256 valence electrons. The molecule has 2 saturated heterocycles. The molecule has 0 aromatic heterocycles. The number of phenolic OH excluding ortho intramolecular Hbond substituents is 1. The maximum atomic E-state index is 15.2. The standard InChI is InChI=1S/C41H33ClFN3O5/c1-3-23-7-17-28(18-8-23)45-37(48)30-20-19-29-32(34(30)39(45)50)21-33-38(49)46(44-27-15-13-26(43)14-16-27)40(51)41(33,24-9-11-25(42)12-10-24)35(29)31-6-4-5-22(2)36(31)47/h3-19,30,32-35,44,47H,1,20-21H2,2H3/t30-,32+,33-,34-,35+,41+/m0/s1. The predicted octanol–water partition coefficient (Wildman–Crippen LogP) is 7.33. The summed E-state index contributed by atoms with van der Waals surface area (Å²) in [7, 11) is 0. The Balaban J connectivity index is 1.32. The fourth-order valence-electron chi connectivity index (χ4n) is 8.93. The first kappa shape index (κ1) is 32.7. The van der Waals surface area contributed by atoms with Crippen molar-refractivity contribution in [2.24, 2.45) is 23.7 Å². The van der Waals surface area contributed by atoms with Crippen molar-refractivity contribution in [3.05, 3.63) is 142 Å². The first-order valence-corrected chi connectivity index (χ1v) is 17.2. The van der Waals surface area contributed by atoms with Crippen LogP contribution in [-0.2, 0) is 24.6 Å². The number of fused-ring (bicyclic) bond motifs is 4. The summed E-state index contributed by atoms with van der Waals surface area (Å²) in [6.07, 6.45) is 3.95. The van der Waals surface area contributed by atoms with E-state index in [1.54, 1.807) is 79.7 Å². The largest absolute Gasteiger partial charge is 0.507 e. The molecule has 4 aromatic rings. The van der Waals surface area contributed by atoms with Gasteiger partial charge in [-0.1, -0.05) is 78.4 Å². The van der Waals surface area contributed by atoms with Gasteiger partial charge in [0.25, 0.3) is 11.8 Å². The topological polar surface area (TPSA) is 107 Å². The minimum Gasteiger partial charge on any atom is -0.507 e. The Kier molecular flexibility index (Phi) is 7.72. The smallest absolute Gasteiger partial charge is 0.260 e. The number of aryl methyl sites for hydroxylation is 1. The molecule has 6 atom stereocenters. The quantitative estimate of drug-likeness (QED) is 0.161. The average molecular weight is 702 g/mol. The van der Waals surface area contributed by atoms with E-state index in [2.05, 4.69) is 12.0 Å². The number of anilines is 2. The van der Waals surface area contributed by atoms with Crippen molar-refractivity contribution >= 4 is 52.7 Å². The summed E-state index contributed by atoms with van der Waals surface area (Å²) in [5, 5.41) is 13.1. The first-order valence-electron chi connectivity index (χ1n) is 16.8. The van der Waals surface area contributed by atoms with Crippen LogP contribution in [0.15, 0.2) is 109 Å². The highest BCUT2D eigenvalue weighted by Crippen LogP contribution is 2.65. The summed E-state index contributed by atoms with van der Waals surface area (Å²) in [6, 6.07) is 24.4. The molecule has 0 spiro atoms. The molecular formula is C41H33ClFN3O5. The molecule has 8 nitrogen and oxygen atoms in total. The number of rotatable bonds is 6. The zero-order valence-electron chi connectivity index (χ0n) is 27.6. The van der Waals surface area contributed by atoms with Crippen LogP contribution in [0.5, 0.6) is 5.75 Å². The molecule has 1 saturated carbocycles. The number of hydrazine groups is 1. The number of para-hydroxylation sites is 1. The van der Waals surface area contributed by atoms with Crippen LogP contribution in [0.3, 0.4) is 0 Å². The van der Waals surface area contributed by atoms with Crippen molar-refractivity contribution in [2.75, 3.05) is 10.3 Å². The number of carbonyl (C=O) groups excluding carboxylic acids is 4. The highest BCUT2D eigenvalue weighted by Gasteiger charge is 2.70. The van der Waals surface area contributed by atoms with E-state index in [9.17, 15) is 23.9 Å². The van der Waals surface area contributed by atoms with Crippen molar-refractivity contribution in [2.45, 2.75) is 31.1 Å². The number of amides is 4. The molecule has 8 rings (SSSR count). The number of benzene rings is 4. The van der Waals surface area contributed by atoms with Gasteiger partial charge in [0, 0.05) is 16.5 Å². The van der Waals surface area contributed by atoms with Gasteiger partial charge in [-0.05, 0) is 90.9 Å². The molecule has 0 radical (unpaired) electrons. The van der Waals surface area contributed by atoms with Gasteiger partial charge in [0.05, 0.1) is 34.5 Å². The molecular weight excluding hydrogens is 669 g/mol. The van der Waals surface area contributed by atoms with Crippen molar-refractivity contribution in [1.82, 2.24) is 5.01 Å². The SMILES string of the molecule is C=Cc1ccc(N2C(=O)[C@H]3[C@H](CC=C4[C@H]3C[C@H]3C(=O)N(Nc5ccc(F)cc5)C(=O)[C@@]3(c3ccc(Cl)cc3)[C@H]4c3cccc(C)c3O)C2=O)cc1. The number of hydrogen-bond donors (Lipinski definition) is 2. The van der Waals surface area contributed by atoms with Crippen molar-refractivity contribution < 1.29 is 28.7 Å². The number of nitrogens with one attached hydrogen (secondary N) is 1. The number of hydrogen-bond acceptors (Lipinski definition) is 6. The molecule has 2 aliphatic heterocycles. The predicted molar refractivity (Wildman–Crippen MR) is 191 cm³/mol. The molecule has 0 bridgehead atoms. The van der Waals surface area contributed by atoms with Gasteiger partial charge < -0.3 is 5.11 Å². The highest BCUT2D eigenvalue weighted by atomic mass is 35.5. The summed E-state index contributed by atoms with van der Waals surface area (Å²) < 4.78 is 13.9. The first-order chi connectivity index (χ1) is 24.6. The molecule has 4 aromatic carbocycles. The average Bonchev–Trinajstić information content (AvgIpc) is 3.51. The number of phenols is 1. The van der Waals surface area contributed by atoms with E-state index in [4.69, 9.17) is 11.6 Å². The van der Waals surface area contributed by atoms with E-state index in [-0.39, 0.29) is 30.4 Å². The lowest BCUT2D eigenvalue weighted by molar-refractivity contribution is -0.138. The third-order valence-electron chi connectivity index (χ3n) is 11.2. The Labute approximate surface area is 298 Å². The lowest BCUT2D eigenvalue weighted by Gasteiger charge is -2.50. The van der Waals surface area contributed by atoms with Gasteiger partial charge >= 0.3 is 0 Å². The second-order valence-electron chi connectivity index (χ2n) is 13.7. The molecule has 4 amide bonds. The van der Waals surface area contributed by atoms with Crippen LogP contribution in [0.1, 0.15) is 41.0 Å². The highest BCUT2D eigenvalue weighted by molar-refractivity contribution is 6.30. The third kappa shape index (κ3) is 4.78. The van der Waals surface area contributed by atoms with E-state index in [1.807, 2.05) is 6.08 Å². The normalized spacial score (nSPS) is 26.8. The van der Waals surface area contributed by atoms with Gasteiger partial charge in [0.2, 0.25) is 11.8 Å². The van der Waals surface area contributed by atoms with Crippen LogP contribution in [0.25, 0.3) is 6.08 Å². The van der Waals surface area contributed by atoms with Gasteiger partial charge in [-0.15, -0.1) is 0 Å². The van der Waals surface area contributed by atoms with Crippen LogP contribution >= 0.6 is 11.6 Å². The molecule has 3 fully saturated rings. The van der Waals surface area contributed by atoms with Gasteiger partial charge in [-0.2, -0.15) is 5.01 Å². The number of aromatic hydroxyl groups is 1. The zero-order chi connectivity index (χ0) is 35.8. The fraction of sp³-hybridized carbons (Fsp3) is 0.220. The summed E-state index contributed by atoms with van der Waals surface area (Å²) in [5.41, 5.74) is 5.21. The van der Waals surface area contributed by atoms with E-state index in [0.717, 1.165) is 16.1 Å².